The predicted octanol–water partition coefficient (Wildman–Crippen LogP) is 5.16. The number of hydrogen-bond donors (Lipinski definition) is 0. The molecule has 1 unspecified atom stereocenters. The minimum atomic E-state index is -0.502. The van der Waals surface area contributed by atoms with Gasteiger partial charge in [-0.05, 0) is 62.9 Å². The number of allylic oxidation sites excluding steroid dienone is 3. The lowest BCUT2D eigenvalue weighted by Crippen LogP contribution is -2.43. The number of cyclic esters (lactones) is 1. The van der Waals surface area contributed by atoms with Crippen molar-refractivity contribution >= 4 is 17.9 Å². The van der Waals surface area contributed by atoms with Crippen LogP contribution in [0.4, 0.5) is 0 Å². The smallest absolute Gasteiger partial charge is 0.311 e. The number of rotatable bonds is 7. The molecule has 0 aromatic carbocycles. The van der Waals surface area contributed by atoms with Crippen molar-refractivity contribution in [2.75, 3.05) is 0 Å². The highest BCUT2D eigenvalue weighted by Crippen LogP contribution is 2.45. The van der Waals surface area contributed by atoms with Crippen LogP contribution in [0.2, 0.25) is 0 Å². The van der Waals surface area contributed by atoms with Gasteiger partial charge in [0, 0.05) is 19.3 Å². The fraction of sp³-hybridized carbons (Fsp3) is 0.741. The van der Waals surface area contributed by atoms with Crippen molar-refractivity contribution in [1.82, 2.24) is 0 Å². The molecule has 6 nitrogen and oxygen atoms in total. The van der Waals surface area contributed by atoms with E-state index >= 15 is 0 Å². The summed E-state index contributed by atoms with van der Waals surface area (Å²) in [5, 5.41) is 0. The molecule has 0 bridgehead atoms. The highest BCUT2D eigenvalue weighted by atomic mass is 16.6. The van der Waals surface area contributed by atoms with Crippen LogP contribution in [0.5, 0.6) is 0 Å². The first-order valence-corrected chi connectivity index (χ1v) is 12.5. The summed E-state index contributed by atoms with van der Waals surface area (Å²) in [7, 11) is 0. The Balaban J connectivity index is 1.74. The Kier molecular flexibility index (Phi) is 8.07. The Bertz CT molecular complexity index is 807. The molecule has 1 fully saturated rings. The highest BCUT2D eigenvalue weighted by molar-refractivity contribution is 5.76. The van der Waals surface area contributed by atoms with Crippen LogP contribution in [0.3, 0.4) is 0 Å². The molecule has 0 radical (unpaired) electrons. The third kappa shape index (κ3) is 6.27. The molecule has 2 aliphatic carbocycles. The Morgan fingerprint density at radius 2 is 1.88 bits per heavy atom. The van der Waals surface area contributed by atoms with E-state index in [4.69, 9.17) is 14.2 Å². The van der Waals surface area contributed by atoms with Crippen molar-refractivity contribution in [1.29, 1.82) is 0 Å². The molecule has 184 valence electrons. The number of ether oxygens (including phenoxy) is 3. The first-order chi connectivity index (χ1) is 15.5. The standard InChI is InChI=1S/C27H40O6/c1-7-27(5,6)26(30)33-23-13-16(2)12-19-9-8-17(3)22(25(19)23)11-10-20-14-21(31-18(4)28)15-24(29)32-20/h8-9,12,16-17,20-23,25H,7,10-11,13-15H2,1-6H3/t16-,17-,20?,21+,22-,23-,25-/m0/s1. The quantitative estimate of drug-likeness (QED) is 0.386. The van der Waals surface area contributed by atoms with Crippen LogP contribution in [0.15, 0.2) is 23.8 Å². The van der Waals surface area contributed by atoms with E-state index in [1.54, 1.807) is 0 Å². The molecule has 1 aliphatic heterocycles. The molecule has 0 N–H and O–H groups in total. The number of carbonyl (C=O) groups is 3. The maximum absolute atomic E-state index is 12.9. The van der Waals surface area contributed by atoms with Crippen LogP contribution in [-0.4, -0.2) is 36.2 Å². The molecule has 0 aromatic rings. The molecule has 0 saturated carbocycles. The van der Waals surface area contributed by atoms with E-state index in [9.17, 15) is 14.4 Å². The summed E-state index contributed by atoms with van der Waals surface area (Å²) >= 11 is 0. The van der Waals surface area contributed by atoms with Gasteiger partial charge in [-0.15, -0.1) is 0 Å². The van der Waals surface area contributed by atoms with Crippen molar-refractivity contribution in [2.24, 2.45) is 29.1 Å². The van der Waals surface area contributed by atoms with Crippen LogP contribution >= 0.6 is 0 Å². The summed E-state index contributed by atoms with van der Waals surface area (Å²) in [5.74, 6) is 0.283. The average Bonchev–Trinajstić information content (AvgIpc) is 2.72. The molecule has 3 aliphatic rings. The van der Waals surface area contributed by atoms with Crippen molar-refractivity contribution in [3.8, 4) is 0 Å². The highest BCUT2D eigenvalue weighted by Gasteiger charge is 2.43. The van der Waals surface area contributed by atoms with E-state index in [0.717, 1.165) is 19.3 Å². The van der Waals surface area contributed by atoms with Gasteiger partial charge in [-0.3, -0.25) is 14.4 Å². The van der Waals surface area contributed by atoms with Crippen LogP contribution in [0.25, 0.3) is 0 Å². The van der Waals surface area contributed by atoms with Gasteiger partial charge in [0.05, 0.1) is 11.8 Å². The fourth-order valence-electron chi connectivity index (χ4n) is 5.39. The van der Waals surface area contributed by atoms with E-state index in [2.05, 4.69) is 32.1 Å². The van der Waals surface area contributed by atoms with Crippen LogP contribution < -0.4 is 0 Å². The Labute approximate surface area is 198 Å². The van der Waals surface area contributed by atoms with Crippen molar-refractivity contribution < 1.29 is 28.6 Å². The van der Waals surface area contributed by atoms with E-state index in [1.807, 2.05) is 20.8 Å². The molecule has 0 amide bonds. The topological polar surface area (TPSA) is 78.9 Å². The minimum Gasteiger partial charge on any atom is -0.462 e. The Morgan fingerprint density at radius 1 is 1.15 bits per heavy atom. The second-order valence-electron chi connectivity index (χ2n) is 10.8. The van der Waals surface area contributed by atoms with E-state index in [-0.39, 0.29) is 48.4 Å². The molecule has 0 spiro atoms. The van der Waals surface area contributed by atoms with Gasteiger partial charge in [0.15, 0.2) is 0 Å². The number of esters is 3. The number of fused-ring (bicyclic) bond motifs is 1. The zero-order valence-corrected chi connectivity index (χ0v) is 21.0. The molecule has 1 saturated heterocycles. The zero-order chi connectivity index (χ0) is 24.3. The third-order valence-electron chi connectivity index (χ3n) is 7.66. The summed E-state index contributed by atoms with van der Waals surface area (Å²) < 4.78 is 17.0. The molecule has 33 heavy (non-hydrogen) atoms. The third-order valence-corrected chi connectivity index (χ3v) is 7.66. The van der Waals surface area contributed by atoms with Gasteiger partial charge in [-0.2, -0.15) is 0 Å². The number of hydrogen-bond acceptors (Lipinski definition) is 6. The van der Waals surface area contributed by atoms with Gasteiger partial charge in [0.1, 0.15) is 18.3 Å². The molecule has 1 heterocycles. The molecular weight excluding hydrogens is 420 g/mol. The summed E-state index contributed by atoms with van der Waals surface area (Å²) in [6.45, 7) is 11.6. The SMILES string of the molecule is CCC(C)(C)C(=O)O[C@H]1C[C@@H](C)C=C2C=C[C@H](C)[C@H](CCC3C[C@@H](OC(C)=O)CC(=O)O3)[C@H]21. The lowest BCUT2D eigenvalue weighted by Gasteiger charge is -2.44. The van der Waals surface area contributed by atoms with Crippen LogP contribution in [0, 0.1) is 29.1 Å². The molecular formula is C27H40O6. The first kappa shape index (κ1) is 25.5. The second-order valence-corrected chi connectivity index (χ2v) is 10.8. The van der Waals surface area contributed by atoms with Gasteiger partial charge in [-0.1, -0.05) is 39.0 Å². The van der Waals surface area contributed by atoms with E-state index in [1.165, 1.54) is 12.5 Å². The molecule has 7 atom stereocenters. The monoisotopic (exact) mass is 460 g/mol. The maximum atomic E-state index is 12.9. The normalized spacial score (nSPS) is 34.1. The lowest BCUT2D eigenvalue weighted by molar-refractivity contribution is -0.170. The Hall–Kier alpha value is -2.11. The predicted molar refractivity (Wildman–Crippen MR) is 125 cm³/mol. The summed E-state index contributed by atoms with van der Waals surface area (Å²) in [6, 6.07) is 0. The van der Waals surface area contributed by atoms with Gasteiger partial charge < -0.3 is 14.2 Å². The first-order valence-electron chi connectivity index (χ1n) is 12.5. The summed E-state index contributed by atoms with van der Waals surface area (Å²) in [4.78, 5) is 36.3. The van der Waals surface area contributed by atoms with Crippen LogP contribution in [-0.2, 0) is 28.6 Å². The van der Waals surface area contributed by atoms with Crippen molar-refractivity contribution in [3.63, 3.8) is 0 Å². The number of carbonyl (C=O) groups excluding carboxylic acids is 3. The van der Waals surface area contributed by atoms with Gasteiger partial charge >= 0.3 is 17.9 Å². The molecule has 3 rings (SSSR count). The van der Waals surface area contributed by atoms with Gasteiger partial charge in [0.2, 0.25) is 0 Å². The zero-order valence-electron chi connectivity index (χ0n) is 21.0. The lowest BCUT2D eigenvalue weighted by atomic mass is 9.65. The van der Waals surface area contributed by atoms with Crippen LogP contribution in [0.1, 0.15) is 80.1 Å². The summed E-state index contributed by atoms with van der Waals surface area (Å²) in [5.41, 5.74) is 0.750. The van der Waals surface area contributed by atoms with Gasteiger partial charge in [-0.25, -0.2) is 0 Å². The van der Waals surface area contributed by atoms with E-state index in [0.29, 0.717) is 24.7 Å². The maximum Gasteiger partial charge on any atom is 0.311 e. The summed E-state index contributed by atoms with van der Waals surface area (Å²) in [6.07, 6.45) is 9.70. The second kappa shape index (κ2) is 10.4. The van der Waals surface area contributed by atoms with Crippen molar-refractivity contribution in [2.45, 2.75) is 98.4 Å². The minimum absolute atomic E-state index is 0.122. The van der Waals surface area contributed by atoms with Gasteiger partial charge in [0.25, 0.3) is 0 Å². The molecule has 0 aromatic heterocycles. The largest absolute Gasteiger partial charge is 0.462 e. The fourth-order valence-corrected chi connectivity index (χ4v) is 5.39. The average molecular weight is 461 g/mol. The van der Waals surface area contributed by atoms with E-state index < -0.39 is 11.5 Å². The van der Waals surface area contributed by atoms with Crippen molar-refractivity contribution in [3.05, 3.63) is 23.8 Å². The Morgan fingerprint density at radius 3 is 2.55 bits per heavy atom. The molecule has 6 heteroatoms.